The summed E-state index contributed by atoms with van der Waals surface area (Å²) in [5.41, 5.74) is 2.18. The molecule has 1 aromatic carbocycles. The molecule has 0 aliphatic carbocycles. The summed E-state index contributed by atoms with van der Waals surface area (Å²) in [6.07, 6.45) is 0. The van der Waals surface area contributed by atoms with Gasteiger partial charge < -0.3 is 15.8 Å². The van der Waals surface area contributed by atoms with Crippen LogP contribution in [0.1, 0.15) is 10.4 Å². The maximum atomic E-state index is 10.3. The Bertz CT molecular complexity index is 255. The van der Waals surface area contributed by atoms with E-state index >= 15 is 0 Å². The molecular weight excluding hydrogens is 146 g/mol. The lowest BCUT2D eigenvalue weighted by atomic mass is 10.2. The van der Waals surface area contributed by atoms with Crippen LogP contribution in [0.25, 0.3) is 0 Å². The zero-order chi connectivity index (χ0) is 8.27. The van der Waals surface area contributed by atoms with Crippen molar-refractivity contribution in [2.75, 3.05) is 5.48 Å². The topological polar surface area (TPSA) is 72.4 Å². The minimum absolute atomic E-state index is 0.170. The minimum Gasteiger partial charge on any atom is -0.761 e. The molecule has 0 atom stereocenters. The highest BCUT2D eigenvalue weighted by Gasteiger charge is 1.99. The number of carbonyl (C=O) groups is 1. The number of aromatic carboxylic acids is 1. The van der Waals surface area contributed by atoms with Crippen LogP contribution in [0.5, 0.6) is 0 Å². The first kappa shape index (κ1) is 7.56. The van der Waals surface area contributed by atoms with Crippen LogP contribution in [-0.4, -0.2) is 11.1 Å². The molecule has 0 aromatic heterocycles. The number of rotatable bonds is 2. The molecule has 0 radical (unpaired) electrons. The fourth-order valence-electron chi connectivity index (χ4n) is 0.681. The molecule has 0 amide bonds. The smallest absolute Gasteiger partial charge is 0.335 e. The molecule has 11 heavy (non-hydrogen) atoms. The van der Waals surface area contributed by atoms with Crippen molar-refractivity contribution in [2.45, 2.75) is 0 Å². The Morgan fingerprint density at radius 2 is 1.91 bits per heavy atom. The van der Waals surface area contributed by atoms with Gasteiger partial charge in [-0.3, -0.25) is 0 Å². The van der Waals surface area contributed by atoms with Crippen molar-refractivity contribution >= 4 is 11.7 Å². The van der Waals surface area contributed by atoms with E-state index in [1.807, 2.05) is 0 Å². The number of hydrogen-bond acceptors (Lipinski definition) is 3. The highest BCUT2D eigenvalue weighted by Crippen LogP contribution is 2.08. The van der Waals surface area contributed by atoms with E-state index in [1.54, 1.807) is 5.48 Å². The molecule has 58 valence electrons. The van der Waals surface area contributed by atoms with Crippen LogP contribution in [-0.2, 0) is 0 Å². The normalized spacial score (nSPS) is 9.18. The predicted molar refractivity (Wildman–Crippen MR) is 40.4 cm³/mol. The van der Waals surface area contributed by atoms with E-state index in [1.165, 1.54) is 24.3 Å². The molecule has 0 aliphatic heterocycles. The number of anilines is 1. The Balaban J connectivity index is 2.91. The fourth-order valence-corrected chi connectivity index (χ4v) is 0.681. The first-order valence-corrected chi connectivity index (χ1v) is 2.95. The molecular formula is C7H6NO3-. The van der Waals surface area contributed by atoms with Crippen molar-refractivity contribution in [2.24, 2.45) is 0 Å². The Hall–Kier alpha value is -1.55. The first-order chi connectivity index (χ1) is 5.24. The van der Waals surface area contributed by atoms with Gasteiger partial charge >= 0.3 is 5.97 Å². The lowest BCUT2D eigenvalue weighted by Gasteiger charge is -2.07. The van der Waals surface area contributed by atoms with Crippen LogP contribution >= 0.6 is 0 Å². The summed E-state index contributed by atoms with van der Waals surface area (Å²) in [6.45, 7) is 0. The van der Waals surface area contributed by atoms with E-state index in [0.29, 0.717) is 5.69 Å². The highest BCUT2D eigenvalue weighted by molar-refractivity contribution is 5.87. The molecule has 0 saturated carbocycles. The molecule has 0 unspecified atom stereocenters. The van der Waals surface area contributed by atoms with Gasteiger partial charge in [0.05, 0.1) is 5.56 Å². The second-order valence-corrected chi connectivity index (χ2v) is 1.98. The molecule has 0 aliphatic rings. The number of carboxylic acids is 1. The van der Waals surface area contributed by atoms with Crippen LogP contribution in [0, 0.1) is 5.21 Å². The summed E-state index contributed by atoms with van der Waals surface area (Å²) in [6, 6.07) is 5.55. The summed E-state index contributed by atoms with van der Waals surface area (Å²) in [5.74, 6) is -0.998. The second-order valence-electron chi connectivity index (χ2n) is 1.98. The van der Waals surface area contributed by atoms with Gasteiger partial charge in [-0.25, -0.2) is 4.79 Å². The average molecular weight is 152 g/mol. The van der Waals surface area contributed by atoms with Crippen LogP contribution in [0.4, 0.5) is 5.69 Å². The zero-order valence-corrected chi connectivity index (χ0v) is 5.57. The van der Waals surface area contributed by atoms with E-state index in [2.05, 4.69) is 0 Å². The molecule has 1 aromatic rings. The summed E-state index contributed by atoms with van der Waals surface area (Å²) < 4.78 is 0. The predicted octanol–water partition coefficient (Wildman–Crippen LogP) is 1.29. The number of hydrogen-bond donors (Lipinski definition) is 2. The molecule has 0 spiro atoms. The fraction of sp³-hybridized carbons (Fsp3) is 0. The SMILES string of the molecule is O=C(O)c1ccc(N[O-])cc1. The zero-order valence-electron chi connectivity index (χ0n) is 5.57. The Labute approximate surface area is 63.1 Å². The maximum Gasteiger partial charge on any atom is 0.335 e. The van der Waals surface area contributed by atoms with E-state index < -0.39 is 5.97 Å². The van der Waals surface area contributed by atoms with E-state index in [-0.39, 0.29) is 5.56 Å². The van der Waals surface area contributed by atoms with E-state index in [9.17, 15) is 10.0 Å². The van der Waals surface area contributed by atoms with Gasteiger partial charge in [0, 0.05) is 5.69 Å². The van der Waals surface area contributed by atoms with Gasteiger partial charge in [-0.2, -0.15) is 0 Å². The summed E-state index contributed by atoms with van der Waals surface area (Å²) >= 11 is 0. The van der Waals surface area contributed by atoms with Crippen molar-refractivity contribution in [1.82, 2.24) is 0 Å². The first-order valence-electron chi connectivity index (χ1n) is 2.95. The lowest BCUT2D eigenvalue weighted by molar-refractivity contribution is 0.0697. The summed E-state index contributed by atoms with van der Waals surface area (Å²) in [7, 11) is 0. The van der Waals surface area contributed by atoms with Gasteiger partial charge in [0.15, 0.2) is 0 Å². The number of nitrogens with one attached hydrogen (secondary N) is 1. The van der Waals surface area contributed by atoms with Crippen molar-refractivity contribution in [3.63, 3.8) is 0 Å². The highest BCUT2D eigenvalue weighted by atomic mass is 16.5. The molecule has 0 fully saturated rings. The van der Waals surface area contributed by atoms with Crippen LogP contribution in [0.2, 0.25) is 0 Å². The molecule has 4 nitrogen and oxygen atoms in total. The van der Waals surface area contributed by atoms with Gasteiger partial charge in [0.25, 0.3) is 0 Å². The van der Waals surface area contributed by atoms with Crippen molar-refractivity contribution in [3.05, 3.63) is 35.0 Å². The molecule has 0 saturated heterocycles. The number of benzene rings is 1. The van der Waals surface area contributed by atoms with E-state index in [0.717, 1.165) is 0 Å². The van der Waals surface area contributed by atoms with Gasteiger partial charge in [-0.1, -0.05) is 0 Å². The van der Waals surface area contributed by atoms with Gasteiger partial charge in [0.2, 0.25) is 0 Å². The Kier molecular flexibility index (Phi) is 2.08. The van der Waals surface area contributed by atoms with Crippen LogP contribution in [0.15, 0.2) is 24.3 Å². The van der Waals surface area contributed by atoms with Gasteiger partial charge in [-0.15, -0.1) is 0 Å². The van der Waals surface area contributed by atoms with Crippen molar-refractivity contribution < 1.29 is 9.90 Å². The largest absolute Gasteiger partial charge is 0.761 e. The average Bonchev–Trinajstić information content (AvgIpc) is 2.05. The maximum absolute atomic E-state index is 10.3. The van der Waals surface area contributed by atoms with E-state index in [4.69, 9.17) is 5.11 Å². The molecule has 0 heterocycles. The third-order valence-corrected chi connectivity index (χ3v) is 1.25. The Morgan fingerprint density at radius 1 is 1.36 bits per heavy atom. The molecule has 1 rings (SSSR count). The quantitative estimate of drug-likeness (QED) is 0.626. The monoisotopic (exact) mass is 152 g/mol. The second kappa shape index (κ2) is 3.03. The molecule has 4 heteroatoms. The summed E-state index contributed by atoms with van der Waals surface area (Å²) in [4.78, 5) is 10.3. The summed E-state index contributed by atoms with van der Waals surface area (Å²) in [5, 5.41) is 18.5. The third-order valence-electron chi connectivity index (χ3n) is 1.25. The lowest BCUT2D eigenvalue weighted by Crippen LogP contribution is -1.95. The Morgan fingerprint density at radius 3 is 2.27 bits per heavy atom. The van der Waals surface area contributed by atoms with Gasteiger partial charge in [0.1, 0.15) is 0 Å². The molecule has 2 N–H and O–H groups in total. The van der Waals surface area contributed by atoms with Crippen LogP contribution < -0.4 is 5.48 Å². The minimum atomic E-state index is -0.998. The third kappa shape index (κ3) is 1.68. The molecule has 0 bridgehead atoms. The van der Waals surface area contributed by atoms with Crippen molar-refractivity contribution in [1.29, 1.82) is 0 Å². The van der Waals surface area contributed by atoms with Crippen molar-refractivity contribution in [3.8, 4) is 0 Å². The van der Waals surface area contributed by atoms with Gasteiger partial charge in [-0.05, 0) is 24.3 Å². The standard InChI is InChI=1S/C7H6NO3/c9-7(10)5-1-3-6(8-11)4-2-5/h1-4,8H,(H,9,10)/q-1. The van der Waals surface area contributed by atoms with Crippen LogP contribution in [0.3, 0.4) is 0 Å². The number of carboxylic acid groups (broad SMARTS) is 1.